The molecule has 88 valence electrons. The van der Waals surface area contributed by atoms with Crippen molar-refractivity contribution < 1.29 is 4.39 Å². The zero-order valence-electron chi connectivity index (χ0n) is 9.45. The largest absolute Gasteiger partial charge is 0.266 e. The van der Waals surface area contributed by atoms with Crippen LogP contribution in [0, 0.1) is 5.82 Å². The van der Waals surface area contributed by atoms with Gasteiger partial charge >= 0.3 is 0 Å². The normalized spacial score (nSPS) is 15.2. The molecule has 1 heterocycles. The monoisotopic (exact) mass is 294 g/mol. The van der Waals surface area contributed by atoms with Crippen LogP contribution in [0.1, 0.15) is 24.5 Å². The average Bonchev–Trinajstić information content (AvgIpc) is 3.06. The number of nitrogens with zero attached hydrogens (tertiary/aromatic N) is 2. The van der Waals surface area contributed by atoms with Crippen molar-refractivity contribution >= 4 is 15.9 Å². The van der Waals surface area contributed by atoms with Crippen LogP contribution in [0.15, 0.2) is 28.7 Å². The summed E-state index contributed by atoms with van der Waals surface area (Å²) in [5.74, 6) is 0.362. The van der Waals surface area contributed by atoms with Gasteiger partial charge in [0.1, 0.15) is 5.82 Å². The van der Waals surface area contributed by atoms with Gasteiger partial charge in [-0.2, -0.15) is 5.10 Å². The van der Waals surface area contributed by atoms with E-state index >= 15 is 0 Å². The van der Waals surface area contributed by atoms with E-state index < -0.39 is 0 Å². The van der Waals surface area contributed by atoms with E-state index in [0.29, 0.717) is 5.92 Å². The van der Waals surface area contributed by atoms with Gasteiger partial charge in [0.2, 0.25) is 0 Å². The molecule has 2 aromatic rings. The minimum Gasteiger partial charge on any atom is -0.266 e. The van der Waals surface area contributed by atoms with Gasteiger partial charge in [0, 0.05) is 18.5 Å². The maximum Gasteiger partial charge on any atom is 0.123 e. The molecule has 3 rings (SSSR count). The quantitative estimate of drug-likeness (QED) is 0.822. The number of hydrogen-bond donors (Lipinski definition) is 0. The van der Waals surface area contributed by atoms with E-state index in [1.54, 1.807) is 12.1 Å². The summed E-state index contributed by atoms with van der Waals surface area (Å²) in [4.78, 5) is 0. The van der Waals surface area contributed by atoms with E-state index in [1.165, 1.54) is 18.9 Å². The summed E-state index contributed by atoms with van der Waals surface area (Å²) >= 11 is 3.60. The van der Waals surface area contributed by atoms with Crippen LogP contribution in [-0.2, 0) is 7.05 Å². The lowest BCUT2D eigenvalue weighted by molar-refractivity contribution is 0.628. The first-order valence-corrected chi connectivity index (χ1v) is 6.44. The molecule has 1 fully saturated rings. The van der Waals surface area contributed by atoms with Crippen LogP contribution in [0.4, 0.5) is 4.39 Å². The van der Waals surface area contributed by atoms with Gasteiger partial charge in [0.05, 0.1) is 15.9 Å². The predicted octanol–water partition coefficient (Wildman–Crippen LogP) is 3.87. The van der Waals surface area contributed by atoms with Crippen molar-refractivity contribution in [1.82, 2.24) is 9.78 Å². The zero-order valence-corrected chi connectivity index (χ0v) is 11.0. The van der Waals surface area contributed by atoms with Crippen LogP contribution in [-0.4, -0.2) is 9.78 Å². The standard InChI is InChI=1S/C13H12BrFN2/c1-17-13(9-3-2-4-10(15)7-9)11(14)12(16-17)8-5-6-8/h2-4,7-8H,5-6H2,1H3. The van der Waals surface area contributed by atoms with E-state index in [2.05, 4.69) is 21.0 Å². The molecule has 1 aromatic carbocycles. The highest BCUT2D eigenvalue weighted by molar-refractivity contribution is 9.10. The summed E-state index contributed by atoms with van der Waals surface area (Å²) in [6.07, 6.45) is 2.41. The van der Waals surface area contributed by atoms with Gasteiger partial charge in [0.15, 0.2) is 0 Å². The fraction of sp³-hybridized carbons (Fsp3) is 0.308. The lowest BCUT2D eigenvalue weighted by Crippen LogP contribution is -1.94. The van der Waals surface area contributed by atoms with Gasteiger partial charge in [-0.1, -0.05) is 12.1 Å². The molecule has 0 unspecified atom stereocenters. The molecule has 0 bridgehead atoms. The number of benzene rings is 1. The van der Waals surface area contributed by atoms with Crippen molar-refractivity contribution in [2.24, 2.45) is 7.05 Å². The first-order valence-electron chi connectivity index (χ1n) is 5.65. The molecule has 17 heavy (non-hydrogen) atoms. The second-order valence-corrected chi connectivity index (χ2v) is 5.25. The summed E-state index contributed by atoms with van der Waals surface area (Å²) in [5.41, 5.74) is 2.91. The molecule has 0 N–H and O–H groups in total. The smallest absolute Gasteiger partial charge is 0.123 e. The summed E-state index contributed by atoms with van der Waals surface area (Å²) < 4.78 is 16.1. The number of halogens is 2. The Kier molecular flexibility index (Phi) is 2.54. The van der Waals surface area contributed by atoms with Gasteiger partial charge in [0.25, 0.3) is 0 Å². The van der Waals surface area contributed by atoms with E-state index in [-0.39, 0.29) is 5.82 Å². The van der Waals surface area contributed by atoms with Gasteiger partial charge in [-0.05, 0) is 40.9 Å². The summed E-state index contributed by atoms with van der Waals surface area (Å²) in [7, 11) is 1.90. The topological polar surface area (TPSA) is 17.8 Å². The van der Waals surface area contributed by atoms with Crippen molar-refractivity contribution in [3.05, 3.63) is 40.2 Å². The number of rotatable bonds is 2. The third-order valence-corrected chi connectivity index (χ3v) is 3.86. The maximum atomic E-state index is 13.2. The van der Waals surface area contributed by atoms with Gasteiger partial charge in [-0.15, -0.1) is 0 Å². The first-order chi connectivity index (χ1) is 8.16. The SMILES string of the molecule is Cn1nc(C2CC2)c(Br)c1-c1cccc(F)c1. The van der Waals surface area contributed by atoms with Crippen molar-refractivity contribution in [1.29, 1.82) is 0 Å². The van der Waals surface area contributed by atoms with Crippen LogP contribution < -0.4 is 0 Å². The lowest BCUT2D eigenvalue weighted by Gasteiger charge is -2.02. The number of hydrogen-bond acceptors (Lipinski definition) is 1. The second kappa shape index (κ2) is 3.95. The molecular weight excluding hydrogens is 283 g/mol. The van der Waals surface area contributed by atoms with Crippen LogP contribution in [0.3, 0.4) is 0 Å². The summed E-state index contributed by atoms with van der Waals surface area (Å²) in [6.45, 7) is 0. The van der Waals surface area contributed by atoms with Gasteiger partial charge < -0.3 is 0 Å². The summed E-state index contributed by atoms with van der Waals surface area (Å²) in [6, 6.07) is 6.62. The Morgan fingerprint density at radius 1 is 1.41 bits per heavy atom. The predicted molar refractivity (Wildman–Crippen MR) is 68.3 cm³/mol. The molecule has 1 aromatic heterocycles. The fourth-order valence-electron chi connectivity index (χ4n) is 2.09. The molecule has 0 aliphatic heterocycles. The van der Waals surface area contributed by atoms with Crippen molar-refractivity contribution in [2.75, 3.05) is 0 Å². The Balaban J connectivity index is 2.13. The third-order valence-electron chi connectivity index (χ3n) is 3.08. The van der Waals surface area contributed by atoms with E-state index in [9.17, 15) is 4.39 Å². The van der Waals surface area contributed by atoms with Crippen molar-refractivity contribution in [3.63, 3.8) is 0 Å². The molecule has 1 aliphatic rings. The molecule has 4 heteroatoms. The third kappa shape index (κ3) is 1.90. The fourth-order valence-corrected chi connectivity index (χ4v) is 2.97. The molecule has 0 atom stereocenters. The highest BCUT2D eigenvalue weighted by Gasteiger charge is 2.30. The van der Waals surface area contributed by atoms with E-state index in [0.717, 1.165) is 21.4 Å². The highest BCUT2D eigenvalue weighted by Crippen LogP contribution is 2.45. The molecule has 0 saturated heterocycles. The summed E-state index contributed by atoms with van der Waals surface area (Å²) in [5, 5.41) is 4.53. The van der Waals surface area contributed by atoms with Gasteiger partial charge in [-0.3, -0.25) is 4.68 Å². The lowest BCUT2D eigenvalue weighted by atomic mass is 10.1. The minimum absolute atomic E-state index is 0.219. The molecule has 1 saturated carbocycles. The van der Waals surface area contributed by atoms with Crippen LogP contribution >= 0.6 is 15.9 Å². The number of aromatic nitrogens is 2. The van der Waals surface area contributed by atoms with Crippen molar-refractivity contribution in [2.45, 2.75) is 18.8 Å². The Morgan fingerprint density at radius 2 is 2.18 bits per heavy atom. The molecule has 1 aliphatic carbocycles. The van der Waals surface area contributed by atoms with E-state index in [4.69, 9.17) is 0 Å². The van der Waals surface area contributed by atoms with Crippen LogP contribution in [0.2, 0.25) is 0 Å². The Labute approximate surface area is 108 Å². The molecule has 0 radical (unpaired) electrons. The maximum absolute atomic E-state index is 13.2. The molecule has 0 spiro atoms. The molecular formula is C13H12BrFN2. The van der Waals surface area contributed by atoms with Crippen LogP contribution in [0.5, 0.6) is 0 Å². The van der Waals surface area contributed by atoms with Crippen molar-refractivity contribution in [3.8, 4) is 11.3 Å². The molecule has 2 nitrogen and oxygen atoms in total. The van der Waals surface area contributed by atoms with Crippen LogP contribution in [0.25, 0.3) is 11.3 Å². The minimum atomic E-state index is -0.219. The Hall–Kier alpha value is -1.16. The van der Waals surface area contributed by atoms with Gasteiger partial charge in [-0.25, -0.2) is 4.39 Å². The highest BCUT2D eigenvalue weighted by atomic mass is 79.9. The second-order valence-electron chi connectivity index (χ2n) is 4.46. The first kappa shape index (κ1) is 11.0. The van der Waals surface area contributed by atoms with E-state index in [1.807, 2.05) is 17.8 Å². The zero-order chi connectivity index (χ0) is 12.0. The number of aryl methyl sites for hydroxylation is 1. The Bertz CT molecular complexity index is 573. The molecule has 0 amide bonds. The average molecular weight is 295 g/mol. The Morgan fingerprint density at radius 3 is 2.82 bits per heavy atom.